The van der Waals surface area contributed by atoms with Crippen LogP contribution in [0.1, 0.15) is 38.2 Å². The molecule has 0 bridgehead atoms. The topological polar surface area (TPSA) is 9.23 Å². The van der Waals surface area contributed by atoms with Crippen LogP contribution in [0.2, 0.25) is 0 Å². The fourth-order valence-corrected chi connectivity index (χ4v) is 3.74. The third-order valence-electron chi connectivity index (χ3n) is 4.49. The highest BCUT2D eigenvalue weighted by molar-refractivity contribution is 9.10. The highest BCUT2D eigenvalue weighted by atomic mass is 79.9. The Balaban J connectivity index is 2.06. The molecular formula is C18H18BrF3O. The SMILES string of the molecule is CC1CCC(Oc2c(Br)cc3ccccc3c2C(F)(F)F)CC1. The maximum Gasteiger partial charge on any atom is 0.420 e. The lowest BCUT2D eigenvalue weighted by atomic mass is 9.89. The second-order valence-electron chi connectivity index (χ2n) is 6.28. The molecule has 1 fully saturated rings. The molecule has 2 aromatic rings. The number of alkyl halides is 3. The number of fused-ring (bicyclic) bond motifs is 1. The lowest BCUT2D eigenvalue weighted by molar-refractivity contribution is -0.138. The van der Waals surface area contributed by atoms with Gasteiger partial charge in [0.05, 0.1) is 10.6 Å². The van der Waals surface area contributed by atoms with Gasteiger partial charge < -0.3 is 4.74 Å². The Morgan fingerprint density at radius 2 is 1.74 bits per heavy atom. The molecule has 0 N–H and O–H groups in total. The predicted octanol–water partition coefficient (Wildman–Crippen LogP) is 6.58. The molecule has 1 aliphatic carbocycles. The van der Waals surface area contributed by atoms with Crippen LogP contribution in [0.4, 0.5) is 13.2 Å². The average molecular weight is 387 g/mol. The van der Waals surface area contributed by atoms with E-state index in [2.05, 4.69) is 22.9 Å². The van der Waals surface area contributed by atoms with E-state index in [0.717, 1.165) is 25.7 Å². The van der Waals surface area contributed by atoms with Crippen molar-refractivity contribution in [3.8, 4) is 5.75 Å². The van der Waals surface area contributed by atoms with Gasteiger partial charge >= 0.3 is 6.18 Å². The zero-order chi connectivity index (χ0) is 16.6. The first-order valence-electron chi connectivity index (χ1n) is 7.81. The minimum absolute atomic E-state index is 0.0734. The van der Waals surface area contributed by atoms with Crippen LogP contribution in [0.25, 0.3) is 10.8 Å². The summed E-state index contributed by atoms with van der Waals surface area (Å²) < 4.78 is 47.2. The van der Waals surface area contributed by atoms with Crippen molar-refractivity contribution in [1.82, 2.24) is 0 Å². The van der Waals surface area contributed by atoms with Gasteiger partial charge in [-0.2, -0.15) is 13.2 Å². The van der Waals surface area contributed by atoms with Gasteiger partial charge in [0.15, 0.2) is 0 Å². The predicted molar refractivity (Wildman–Crippen MR) is 88.7 cm³/mol. The van der Waals surface area contributed by atoms with Gasteiger partial charge in [-0.1, -0.05) is 31.2 Å². The molecular weight excluding hydrogens is 369 g/mol. The Kier molecular flexibility index (Phi) is 4.59. The Labute approximate surface area is 142 Å². The smallest absolute Gasteiger partial charge is 0.420 e. The summed E-state index contributed by atoms with van der Waals surface area (Å²) in [6.07, 6.45) is -1.00. The van der Waals surface area contributed by atoms with Crippen LogP contribution in [0.5, 0.6) is 5.75 Å². The van der Waals surface area contributed by atoms with E-state index < -0.39 is 11.7 Å². The summed E-state index contributed by atoms with van der Waals surface area (Å²) >= 11 is 3.27. The van der Waals surface area contributed by atoms with Crippen LogP contribution in [-0.4, -0.2) is 6.10 Å². The molecule has 124 valence electrons. The monoisotopic (exact) mass is 386 g/mol. The van der Waals surface area contributed by atoms with E-state index >= 15 is 0 Å². The standard InChI is InChI=1S/C18H18BrF3O/c1-11-6-8-13(9-7-11)23-17-15(19)10-12-4-2-3-5-14(12)16(17)18(20,21)22/h2-5,10-11,13H,6-9H2,1H3. The fourth-order valence-electron chi connectivity index (χ4n) is 3.21. The van der Waals surface area contributed by atoms with Crippen LogP contribution >= 0.6 is 15.9 Å². The van der Waals surface area contributed by atoms with Crippen molar-refractivity contribution >= 4 is 26.7 Å². The summed E-state index contributed by atoms with van der Waals surface area (Å²) in [6, 6.07) is 8.24. The van der Waals surface area contributed by atoms with Crippen LogP contribution in [-0.2, 0) is 6.18 Å². The minimum atomic E-state index is -4.46. The summed E-state index contributed by atoms with van der Waals surface area (Å²) in [5, 5.41) is 0.735. The van der Waals surface area contributed by atoms with Gasteiger partial charge in [0.2, 0.25) is 0 Å². The van der Waals surface area contributed by atoms with Gasteiger partial charge in [-0.25, -0.2) is 0 Å². The van der Waals surface area contributed by atoms with Crippen LogP contribution in [0.15, 0.2) is 34.8 Å². The molecule has 1 nitrogen and oxygen atoms in total. The quantitative estimate of drug-likeness (QED) is 0.566. The fraction of sp³-hybridized carbons (Fsp3) is 0.444. The van der Waals surface area contributed by atoms with E-state index in [0.29, 0.717) is 15.8 Å². The molecule has 0 amide bonds. The molecule has 5 heteroatoms. The molecule has 0 unspecified atom stereocenters. The number of ether oxygens (including phenoxy) is 1. The number of hydrogen-bond acceptors (Lipinski definition) is 1. The molecule has 1 saturated carbocycles. The number of halogens is 4. The highest BCUT2D eigenvalue weighted by Crippen LogP contribution is 2.46. The average Bonchev–Trinajstić information content (AvgIpc) is 2.49. The molecule has 1 aliphatic rings. The Morgan fingerprint density at radius 3 is 2.39 bits per heavy atom. The van der Waals surface area contributed by atoms with Gasteiger partial charge in [-0.3, -0.25) is 0 Å². The molecule has 0 atom stereocenters. The first kappa shape index (κ1) is 16.6. The molecule has 2 aromatic carbocycles. The Bertz CT molecular complexity index is 703. The highest BCUT2D eigenvalue weighted by Gasteiger charge is 2.38. The van der Waals surface area contributed by atoms with Crippen molar-refractivity contribution in [2.45, 2.75) is 44.9 Å². The summed E-state index contributed by atoms with van der Waals surface area (Å²) in [6.45, 7) is 2.17. The van der Waals surface area contributed by atoms with Gasteiger partial charge in [-0.05, 0) is 64.4 Å². The molecule has 3 rings (SSSR count). The molecule has 23 heavy (non-hydrogen) atoms. The zero-order valence-electron chi connectivity index (χ0n) is 12.8. The van der Waals surface area contributed by atoms with Crippen LogP contribution in [0, 0.1) is 5.92 Å². The van der Waals surface area contributed by atoms with Crippen molar-refractivity contribution in [2.24, 2.45) is 5.92 Å². The largest absolute Gasteiger partial charge is 0.489 e. The van der Waals surface area contributed by atoms with Crippen molar-refractivity contribution in [3.05, 3.63) is 40.4 Å². The second-order valence-corrected chi connectivity index (χ2v) is 7.14. The van der Waals surface area contributed by atoms with E-state index in [1.54, 1.807) is 24.3 Å². The molecule has 0 radical (unpaired) electrons. The van der Waals surface area contributed by atoms with Crippen molar-refractivity contribution in [2.75, 3.05) is 0 Å². The van der Waals surface area contributed by atoms with E-state index in [1.807, 2.05) is 0 Å². The minimum Gasteiger partial charge on any atom is -0.489 e. The summed E-state index contributed by atoms with van der Waals surface area (Å²) in [5.74, 6) is 0.549. The van der Waals surface area contributed by atoms with Crippen LogP contribution < -0.4 is 4.74 Å². The summed E-state index contributed by atoms with van der Waals surface area (Å²) in [5.41, 5.74) is -0.680. The zero-order valence-corrected chi connectivity index (χ0v) is 14.4. The maximum atomic E-state index is 13.7. The van der Waals surface area contributed by atoms with Crippen molar-refractivity contribution in [1.29, 1.82) is 0 Å². The number of rotatable bonds is 2. The summed E-state index contributed by atoms with van der Waals surface area (Å²) in [7, 11) is 0. The van der Waals surface area contributed by atoms with E-state index in [-0.39, 0.29) is 17.2 Å². The number of benzene rings is 2. The first-order chi connectivity index (χ1) is 10.9. The van der Waals surface area contributed by atoms with E-state index in [1.165, 1.54) is 6.07 Å². The van der Waals surface area contributed by atoms with Gasteiger partial charge in [0, 0.05) is 0 Å². The normalized spacial score (nSPS) is 22.3. The first-order valence-corrected chi connectivity index (χ1v) is 8.60. The van der Waals surface area contributed by atoms with Gasteiger partial charge in [-0.15, -0.1) is 0 Å². The lowest BCUT2D eigenvalue weighted by Gasteiger charge is -2.29. The molecule has 0 heterocycles. The lowest BCUT2D eigenvalue weighted by Crippen LogP contribution is -2.24. The third-order valence-corrected chi connectivity index (χ3v) is 5.08. The third kappa shape index (κ3) is 3.49. The van der Waals surface area contributed by atoms with Crippen LogP contribution in [0.3, 0.4) is 0 Å². The van der Waals surface area contributed by atoms with E-state index in [9.17, 15) is 13.2 Å². The van der Waals surface area contributed by atoms with E-state index in [4.69, 9.17) is 4.74 Å². The maximum absolute atomic E-state index is 13.7. The molecule has 0 aromatic heterocycles. The molecule has 0 saturated heterocycles. The van der Waals surface area contributed by atoms with Gasteiger partial charge in [0.25, 0.3) is 0 Å². The van der Waals surface area contributed by atoms with Crippen molar-refractivity contribution < 1.29 is 17.9 Å². The summed E-state index contributed by atoms with van der Waals surface area (Å²) in [4.78, 5) is 0. The molecule has 0 aliphatic heterocycles. The molecule has 0 spiro atoms. The Hall–Kier alpha value is -1.23. The second kappa shape index (κ2) is 6.34. The Morgan fingerprint density at radius 1 is 1.09 bits per heavy atom. The van der Waals surface area contributed by atoms with Crippen molar-refractivity contribution in [3.63, 3.8) is 0 Å². The van der Waals surface area contributed by atoms with Gasteiger partial charge in [0.1, 0.15) is 11.3 Å². The number of hydrogen-bond donors (Lipinski definition) is 0.